The lowest BCUT2D eigenvalue weighted by molar-refractivity contribution is 0.626. The van der Waals surface area contributed by atoms with Crippen LogP contribution in [0.4, 0.5) is 40.0 Å². The zero-order chi connectivity index (χ0) is 25.1. The first-order chi connectivity index (χ1) is 18.8. The lowest BCUT2D eigenvalue weighted by Gasteiger charge is -2.46. The van der Waals surface area contributed by atoms with Gasteiger partial charge in [-0.3, -0.25) is 0 Å². The molecule has 0 atom stereocenters. The minimum absolute atomic E-state index is 0.0925. The molecule has 38 heavy (non-hydrogen) atoms. The maximum Gasteiger partial charge on any atom is 0.519 e. The molecule has 0 N–H and O–H groups in total. The number of hydrogen-bond donors (Lipinski definition) is 0. The van der Waals surface area contributed by atoms with Crippen molar-refractivity contribution in [3.8, 4) is 0 Å². The van der Waals surface area contributed by atoms with Crippen LogP contribution in [0, 0.1) is 0 Å². The van der Waals surface area contributed by atoms with Gasteiger partial charge in [0.05, 0.1) is 16.8 Å². The van der Waals surface area contributed by atoms with E-state index in [0.717, 1.165) is 27.9 Å². The topological polar surface area (TPSA) is 35.2 Å². The molecular weight excluding hydrogens is 467 g/mol. The van der Waals surface area contributed by atoms with Gasteiger partial charge in [-0.25, -0.2) is 4.99 Å². The van der Waals surface area contributed by atoms with Crippen LogP contribution < -0.4 is 14.4 Å². The first-order valence-electron chi connectivity index (χ1n) is 12.9. The van der Waals surface area contributed by atoms with Crippen molar-refractivity contribution in [1.29, 1.82) is 0 Å². The molecule has 0 amide bonds. The molecule has 0 spiro atoms. The van der Waals surface area contributed by atoms with Gasteiger partial charge in [0.2, 0.25) is 5.88 Å². The van der Waals surface area contributed by atoms with Crippen LogP contribution in [-0.2, 0) is 0 Å². The summed E-state index contributed by atoms with van der Waals surface area (Å²) in [4.78, 5) is 11.8. The Hall–Kier alpha value is -4.97. The highest BCUT2D eigenvalue weighted by Gasteiger charge is 2.55. The maximum absolute atomic E-state index is 6.24. The van der Waals surface area contributed by atoms with E-state index in [9.17, 15) is 0 Å². The molecule has 0 saturated carbocycles. The molecule has 0 fully saturated rings. The van der Waals surface area contributed by atoms with Crippen molar-refractivity contribution in [2.24, 2.45) is 4.99 Å². The molecule has 0 bridgehead atoms. The predicted molar refractivity (Wildman–Crippen MR) is 160 cm³/mol. The van der Waals surface area contributed by atoms with Gasteiger partial charge in [0.25, 0.3) is 0 Å². The van der Waals surface area contributed by atoms with Crippen LogP contribution in [0.15, 0.2) is 100 Å². The van der Waals surface area contributed by atoms with Crippen molar-refractivity contribution >= 4 is 92.4 Å². The van der Waals surface area contributed by atoms with Crippen LogP contribution in [0.5, 0.6) is 0 Å². The fourth-order valence-electron chi connectivity index (χ4n) is 6.92. The van der Waals surface area contributed by atoms with E-state index in [1.807, 2.05) is 13.0 Å². The number of allylic oxidation sites excluding steroid dienone is 1. The Morgan fingerprint density at radius 1 is 0.684 bits per heavy atom. The van der Waals surface area contributed by atoms with Gasteiger partial charge in [-0.15, -0.1) is 0 Å². The van der Waals surface area contributed by atoms with Crippen LogP contribution in [0.1, 0.15) is 12.5 Å². The molecule has 4 heterocycles. The second-order valence-electron chi connectivity index (χ2n) is 10.0. The number of benzene rings is 5. The SMILES string of the molecule is C=Nc1oc2ccc3c(c2c1/C=C\C)N1B2N3c3cccc4cccc(c34)N2c2cccc3cccc1c23. The Morgan fingerprint density at radius 3 is 1.79 bits per heavy atom. The van der Waals surface area contributed by atoms with Gasteiger partial charge in [-0.2, -0.15) is 0 Å². The molecule has 3 aliphatic heterocycles. The van der Waals surface area contributed by atoms with Crippen molar-refractivity contribution in [3.63, 3.8) is 0 Å². The highest BCUT2D eigenvalue weighted by molar-refractivity contribution is 6.81. The molecule has 5 aromatic carbocycles. The minimum atomic E-state index is -0.0925. The lowest BCUT2D eigenvalue weighted by atomic mass is 9.75. The van der Waals surface area contributed by atoms with E-state index < -0.39 is 0 Å². The summed E-state index contributed by atoms with van der Waals surface area (Å²) in [5.74, 6) is 0.550. The molecule has 6 heteroatoms. The molecule has 9 rings (SSSR count). The zero-order valence-electron chi connectivity index (χ0n) is 20.7. The standard InChI is InChI=1S/C32H21BN4O/c1-3-8-21-30-27(38-32(21)34-2)18-17-26-31(30)37-25-16-7-12-20-11-5-14-23(29(20)25)35-22-13-4-9-19-10-6-15-24(28(19)22)36(26)33(35)37/h3-18H,2H2,1H3/b8-3-. The number of nitrogens with zero attached hydrogens (tertiary/aromatic N) is 4. The van der Waals surface area contributed by atoms with Crippen molar-refractivity contribution in [2.75, 3.05) is 14.4 Å². The number of aliphatic imine (C=N–C) groups is 1. The van der Waals surface area contributed by atoms with E-state index in [4.69, 9.17) is 4.42 Å². The summed E-state index contributed by atoms with van der Waals surface area (Å²) in [5.41, 5.74) is 8.93. The number of hydrogen-bond acceptors (Lipinski definition) is 5. The quantitative estimate of drug-likeness (QED) is 0.180. The molecule has 178 valence electrons. The summed E-state index contributed by atoms with van der Waals surface area (Å²) in [6.07, 6.45) is 4.12. The average molecular weight is 488 g/mol. The van der Waals surface area contributed by atoms with Gasteiger partial charge >= 0.3 is 7.12 Å². The van der Waals surface area contributed by atoms with Gasteiger partial charge in [-0.05, 0) is 60.8 Å². The largest absolute Gasteiger partial charge is 0.519 e. The number of furan rings is 1. The maximum atomic E-state index is 6.24. The smallest absolute Gasteiger partial charge is 0.438 e. The lowest BCUT2D eigenvalue weighted by Crippen LogP contribution is -2.59. The third-order valence-corrected chi connectivity index (χ3v) is 8.25. The Bertz CT molecular complexity index is 2050. The van der Waals surface area contributed by atoms with Crippen LogP contribution in [0.25, 0.3) is 38.6 Å². The number of anilines is 6. The second-order valence-corrected chi connectivity index (χ2v) is 10.0. The molecule has 0 radical (unpaired) electrons. The minimum Gasteiger partial charge on any atom is -0.438 e. The highest BCUT2D eigenvalue weighted by atomic mass is 16.3. The van der Waals surface area contributed by atoms with E-state index in [1.165, 1.54) is 44.3 Å². The second kappa shape index (κ2) is 6.87. The van der Waals surface area contributed by atoms with Crippen LogP contribution in [0.2, 0.25) is 0 Å². The van der Waals surface area contributed by atoms with Gasteiger partial charge in [0.15, 0.2) is 0 Å². The first-order valence-corrected chi connectivity index (χ1v) is 12.9. The molecular formula is C32H21BN4O. The molecule has 3 aliphatic rings. The van der Waals surface area contributed by atoms with E-state index in [1.54, 1.807) is 0 Å². The van der Waals surface area contributed by atoms with E-state index >= 15 is 0 Å². The van der Waals surface area contributed by atoms with Crippen LogP contribution in [-0.4, -0.2) is 13.8 Å². The molecule has 0 unspecified atom stereocenters. The summed E-state index contributed by atoms with van der Waals surface area (Å²) < 4.78 is 6.24. The van der Waals surface area contributed by atoms with Gasteiger partial charge < -0.3 is 18.8 Å². The normalized spacial score (nSPS) is 14.8. The Morgan fingerprint density at radius 2 is 1.24 bits per heavy atom. The van der Waals surface area contributed by atoms with Crippen molar-refractivity contribution in [1.82, 2.24) is 0 Å². The third-order valence-electron chi connectivity index (χ3n) is 8.25. The fourth-order valence-corrected chi connectivity index (χ4v) is 6.92. The summed E-state index contributed by atoms with van der Waals surface area (Å²) >= 11 is 0. The molecule has 5 nitrogen and oxygen atoms in total. The highest BCUT2D eigenvalue weighted by Crippen LogP contribution is 2.61. The van der Waals surface area contributed by atoms with Crippen molar-refractivity contribution in [2.45, 2.75) is 6.92 Å². The number of fused-ring (bicyclic) bond motifs is 9. The summed E-state index contributed by atoms with van der Waals surface area (Å²) in [5, 5.41) is 6.05. The van der Waals surface area contributed by atoms with Crippen molar-refractivity contribution < 1.29 is 4.42 Å². The average Bonchev–Trinajstić information content (AvgIpc) is 3.49. The van der Waals surface area contributed by atoms with E-state index in [-0.39, 0.29) is 7.12 Å². The first kappa shape index (κ1) is 20.1. The molecule has 0 aliphatic carbocycles. The summed E-state index contributed by atoms with van der Waals surface area (Å²) in [6, 6.07) is 30.8. The predicted octanol–water partition coefficient (Wildman–Crippen LogP) is 8.84. The van der Waals surface area contributed by atoms with Gasteiger partial charge in [-0.1, -0.05) is 60.7 Å². The number of rotatable bonds is 2. The Kier molecular flexibility index (Phi) is 3.64. The Labute approximate surface area is 219 Å². The Balaban J connectivity index is 1.52. The van der Waals surface area contributed by atoms with E-state index in [0.29, 0.717) is 5.88 Å². The fraction of sp³-hybridized carbons (Fsp3) is 0.0312. The van der Waals surface area contributed by atoms with Crippen LogP contribution in [0.3, 0.4) is 0 Å². The van der Waals surface area contributed by atoms with Gasteiger partial charge in [0.1, 0.15) is 5.58 Å². The zero-order valence-corrected chi connectivity index (χ0v) is 20.7. The third kappa shape index (κ3) is 2.19. The van der Waals surface area contributed by atoms with Crippen molar-refractivity contribution in [3.05, 3.63) is 96.6 Å². The molecule has 1 aromatic heterocycles. The summed E-state index contributed by atoms with van der Waals surface area (Å²) in [7, 11) is -0.0925. The van der Waals surface area contributed by atoms with E-state index in [2.05, 4.69) is 117 Å². The van der Waals surface area contributed by atoms with Crippen LogP contribution >= 0.6 is 0 Å². The monoisotopic (exact) mass is 488 g/mol. The summed E-state index contributed by atoms with van der Waals surface area (Å²) in [6.45, 7) is 5.82. The molecule has 6 aromatic rings. The molecule has 0 saturated heterocycles. The van der Waals surface area contributed by atoms with Gasteiger partial charge in [0, 0.05) is 39.1 Å².